The van der Waals surface area contributed by atoms with Crippen molar-refractivity contribution >= 4 is 17.5 Å². The van der Waals surface area contributed by atoms with Crippen LogP contribution in [-0.4, -0.2) is 20.7 Å². The molecule has 0 saturated heterocycles. The van der Waals surface area contributed by atoms with Crippen molar-refractivity contribution in [3.05, 3.63) is 23.3 Å². The van der Waals surface area contributed by atoms with Crippen LogP contribution in [0.1, 0.15) is 5.69 Å². The Morgan fingerprint density at radius 2 is 2.67 bits per heavy atom. The molecule has 0 amide bonds. The number of nitrogens with zero attached hydrogens (tertiary/aromatic N) is 2. The van der Waals surface area contributed by atoms with Crippen molar-refractivity contribution in [1.29, 1.82) is 0 Å². The van der Waals surface area contributed by atoms with E-state index in [-0.39, 0.29) is 0 Å². The quantitative estimate of drug-likeness (QED) is 0.656. The Kier molecular flexibility index (Phi) is 3.21. The van der Waals surface area contributed by atoms with E-state index in [1.54, 1.807) is 5.38 Å². The Morgan fingerprint density at radius 3 is 3.25 bits per heavy atom. The third kappa shape index (κ3) is 3.11. The highest BCUT2D eigenvalue weighted by molar-refractivity contribution is 7.03. The Balaban J connectivity index is 2.23. The molecule has 2 N–H and O–H groups in total. The summed E-state index contributed by atoms with van der Waals surface area (Å²) in [7, 11) is 0. The van der Waals surface area contributed by atoms with E-state index in [9.17, 15) is 4.79 Å². The summed E-state index contributed by atoms with van der Waals surface area (Å²) in [4.78, 5) is 10.0. The van der Waals surface area contributed by atoms with Crippen LogP contribution in [0.5, 0.6) is 0 Å². The van der Waals surface area contributed by atoms with Crippen molar-refractivity contribution in [2.45, 2.75) is 6.54 Å². The highest BCUT2D eigenvalue weighted by atomic mass is 32.1. The van der Waals surface area contributed by atoms with E-state index in [1.807, 2.05) is 0 Å². The predicted molar refractivity (Wildman–Crippen MR) is 43.5 cm³/mol. The number of carboxylic acid groups (broad SMARTS) is 1. The average Bonchev–Trinajstić information content (AvgIpc) is 2.49. The summed E-state index contributed by atoms with van der Waals surface area (Å²) < 4.78 is 3.65. The lowest BCUT2D eigenvalue weighted by atomic mass is 10.5. The summed E-state index contributed by atoms with van der Waals surface area (Å²) in [5.74, 6) is -0.973. The smallest absolute Gasteiger partial charge is 0.329 e. The van der Waals surface area contributed by atoms with Crippen molar-refractivity contribution in [3.8, 4) is 0 Å². The number of aliphatic carboxylic acids is 1. The molecule has 0 aliphatic rings. The van der Waals surface area contributed by atoms with Gasteiger partial charge in [-0.2, -0.15) is 0 Å². The second-order valence-corrected chi connectivity index (χ2v) is 2.56. The zero-order chi connectivity index (χ0) is 8.81. The zero-order valence-electron chi connectivity index (χ0n) is 6.10. The van der Waals surface area contributed by atoms with Gasteiger partial charge >= 0.3 is 5.97 Å². The molecule has 1 rings (SSSR count). The van der Waals surface area contributed by atoms with E-state index in [2.05, 4.69) is 14.9 Å². The highest BCUT2D eigenvalue weighted by Gasteiger charge is 1.92. The van der Waals surface area contributed by atoms with Crippen LogP contribution in [-0.2, 0) is 11.3 Å². The predicted octanol–water partition coefficient (Wildman–Crippen LogP) is 0.226. The molecule has 64 valence electrons. The maximum absolute atomic E-state index is 10.0. The topological polar surface area (TPSA) is 75.1 Å². The Labute approximate surface area is 72.9 Å². The number of rotatable bonds is 4. The van der Waals surface area contributed by atoms with Crippen molar-refractivity contribution in [2.75, 3.05) is 0 Å². The molecule has 1 aromatic rings. The van der Waals surface area contributed by atoms with Crippen LogP contribution in [0.15, 0.2) is 17.7 Å². The average molecular weight is 185 g/mol. The molecule has 0 bridgehead atoms. The molecular formula is C6H7N3O2S. The molecule has 6 heteroatoms. The molecule has 5 nitrogen and oxygen atoms in total. The standard InChI is InChI=1S/C6H7N3O2S/c10-6(11)1-2-7-3-5-4-12-9-8-5/h1-2,4,7H,3H2,(H,10,11)/b2-1+. The van der Waals surface area contributed by atoms with Gasteiger partial charge < -0.3 is 10.4 Å². The SMILES string of the molecule is O=C(O)/C=C/NCc1csnn1. The first-order chi connectivity index (χ1) is 5.79. The van der Waals surface area contributed by atoms with Crippen LogP contribution < -0.4 is 5.32 Å². The van der Waals surface area contributed by atoms with Gasteiger partial charge in [-0.25, -0.2) is 4.79 Å². The van der Waals surface area contributed by atoms with E-state index < -0.39 is 5.97 Å². The Hall–Kier alpha value is -1.43. The number of carbonyl (C=O) groups is 1. The maximum Gasteiger partial charge on any atom is 0.329 e. The van der Waals surface area contributed by atoms with Crippen molar-refractivity contribution in [3.63, 3.8) is 0 Å². The van der Waals surface area contributed by atoms with Gasteiger partial charge in [-0.05, 0) is 11.5 Å². The monoisotopic (exact) mass is 185 g/mol. The van der Waals surface area contributed by atoms with Crippen molar-refractivity contribution in [1.82, 2.24) is 14.9 Å². The molecule has 0 spiro atoms. The van der Waals surface area contributed by atoms with Crippen LogP contribution in [0, 0.1) is 0 Å². The van der Waals surface area contributed by atoms with Gasteiger partial charge in [0, 0.05) is 17.7 Å². The summed E-state index contributed by atoms with van der Waals surface area (Å²) in [6, 6.07) is 0. The van der Waals surface area contributed by atoms with Crippen molar-refractivity contribution < 1.29 is 9.90 Å². The van der Waals surface area contributed by atoms with Gasteiger partial charge in [0.1, 0.15) is 0 Å². The molecule has 0 aliphatic heterocycles. The fourth-order valence-corrected chi connectivity index (χ4v) is 1.01. The zero-order valence-corrected chi connectivity index (χ0v) is 6.91. The molecule has 0 radical (unpaired) electrons. The van der Waals surface area contributed by atoms with E-state index in [0.717, 1.165) is 11.8 Å². The molecule has 0 aliphatic carbocycles. The number of aromatic nitrogens is 2. The summed E-state index contributed by atoms with van der Waals surface area (Å²) in [5.41, 5.74) is 0.801. The molecule has 1 heterocycles. The highest BCUT2D eigenvalue weighted by Crippen LogP contribution is 1.94. The molecule has 1 aromatic heterocycles. The molecule has 0 aromatic carbocycles. The molecule has 0 fully saturated rings. The van der Waals surface area contributed by atoms with Gasteiger partial charge in [-0.3, -0.25) is 0 Å². The summed E-state index contributed by atoms with van der Waals surface area (Å²) in [6.07, 6.45) is 2.39. The number of hydrogen-bond donors (Lipinski definition) is 2. The molecule has 0 atom stereocenters. The fraction of sp³-hybridized carbons (Fsp3) is 0.167. The molecule has 0 unspecified atom stereocenters. The Morgan fingerprint density at radius 1 is 1.83 bits per heavy atom. The van der Waals surface area contributed by atoms with Crippen LogP contribution in [0.25, 0.3) is 0 Å². The lowest BCUT2D eigenvalue weighted by Crippen LogP contribution is -2.05. The molecular weight excluding hydrogens is 178 g/mol. The van der Waals surface area contributed by atoms with E-state index in [0.29, 0.717) is 6.54 Å². The lowest BCUT2D eigenvalue weighted by Gasteiger charge is -1.92. The van der Waals surface area contributed by atoms with Gasteiger partial charge in [0.05, 0.1) is 12.2 Å². The van der Waals surface area contributed by atoms with Gasteiger partial charge in [-0.15, -0.1) is 5.10 Å². The minimum Gasteiger partial charge on any atom is -0.478 e. The van der Waals surface area contributed by atoms with E-state index >= 15 is 0 Å². The minimum atomic E-state index is -0.973. The van der Waals surface area contributed by atoms with Gasteiger partial charge in [0.15, 0.2) is 0 Å². The van der Waals surface area contributed by atoms with Gasteiger partial charge in [0.2, 0.25) is 0 Å². The normalized spacial score (nSPS) is 10.3. The lowest BCUT2D eigenvalue weighted by molar-refractivity contribution is -0.131. The first kappa shape index (κ1) is 8.66. The van der Waals surface area contributed by atoms with Gasteiger partial charge in [0.25, 0.3) is 0 Å². The number of carboxylic acids is 1. The second-order valence-electron chi connectivity index (χ2n) is 1.95. The minimum absolute atomic E-state index is 0.500. The van der Waals surface area contributed by atoms with E-state index in [1.165, 1.54) is 17.7 Å². The molecule has 12 heavy (non-hydrogen) atoms. The summed E-state index contributed by atoms with van der Waals surface area (Å²) in [6.45, 7) is 0.500. The summed E-state index contributed by atoms with van der Waals surface area (Å²) in [5, 5.41) is 16.5. The number of nitrogens with one attached hydrogen (secondary N) is 1. The largest absolute Gasteiger partial charge is 0.478 e. The molecule has 0 saturated carbocycles. The first-order valence-electron chi connectivity index (χ1n) is 3.18. The second kappa shape index (κ2) is 4.45. The van der Waals surface area contributed by atoms with Crippen LogP contribution >= 0.6 is 11.5 Å². The van der Waals surface area contributed by atoms with Crippen LogP contribution in [0.3, 0.4) is 0 Å². The van der Waals surface area contributed by atoms with Crippen LogP contribution in [0.4, 0.5) is 0 Å². The fourth-order valence-electron chi connectivity index (χ4n) is 0.555. The van der Waals surface area contributed by atoms with Crippen LogP contribution in [0.2, 0.25) is 0 Å². The third-order valence-electron chi connectivity index (χ3n) is 1.03. The number of hydrogen-bond acceptors (Lipinski definition) is 5. The van der Waals surface area contributed by atoms with Gasteiger partial charge in [-0.1, -0.05) is 4.49 Å². The third-order valence-corrected chi connectivity index (χ3v) is 1.59. The summed E-state index contributed by atoms with van der Waals surface area (Å²) >= 11 is 1.26. The maximum atomic E-state index is 10.0. The van der Waals surface area contributed by atoms with E-state index in [4.69, 9.17) is 5.11 Å². The first-order valence-corrected chi connectivity index (χ1v) is 4.01. The Bertz CT molecular complexity index is 270. The van der Waals surface area contributed by atoms with Crippen molar-refractivity contribution in [2.24, 2.45) is 0 Å².